The predicted molar refractivity (Wildman–Crippen MR) is 106 cm³/mol. The second-order valence-corrected chi connectivity index (χ2v) is 7.17. The summed E-state index contributed by atoms with van der Waals surface area (Å²) < 4.78 is 5.58. The molecule has 0 aliphatic heterocycles. The van der Waals surface area contributed by atoms with Gasteiger partial charge >= 0.3 is 0 Å². The van der Waals surface area contributed by atoms with E-state index in [4.69, 9.17) is 4.74 Å². The maximum atomic E-state index is 5.58. The van der Waals surface area contributed by atoms with Gasteiger partial charge in [-0.05, 0) is 44.9 Å². The highest BCUT2D eigenvalue weighted by Crippen LogP contribution is 2.19. The largest absolute Gasteiger partial charge is 0.494 e. The minimum Gasteiger partial charge on any atom is -0.494 e. The maximum absolute atomic E-state index is 5.58. The van der Waals surface area contributed by atoms with Crippen LogP contribution in [-0.4, -0.2) is 31.1 Å². The molecule has 5 nitrogen and oxygen atoms in total. The van der Waals surface area contributed by atoms with Gasteiger partial charge in [0.25, 0.3) is 0 Å². The maximum Gasteiger partial charge on any atom is 0.191 e. The number of guanidine groups is 1. The second kappa shape index (κ2) is 9.42. The van der Waals surface area contributed by atoms with Crippen LogP contribution < -0.4 is 15.4 Å². The van der Waals surface area contributed by atoms with E-state index in [0.29, 0.717) is 6.61 Å². The van der Waals surface area contributed by atoms with Crippen molar-refractivity contribution in [2.45, 2.75) is 40.7 Å². The molecule has 6 heteroatoms. The van der Waals surface area contributed by atoms with Crippen molar-refractivity contribution in [1.29, 1.82) is 0 Å². The first-order valence-corrected chi connectivity index (χ1v) is 9.44. The van der Waals surface area contributed by atoms with E-state index in [9.17, 15) is 0 Å². The molecular formula is C19H28N4OS. The molecule has 136 valence electrons. The zero-order valence-electron chi connectivity index (χ0n) is 15.8. The number of ether oxygens (including phenoxy) is 1. The van der Waals surface area contributed by atoms with Crippen molar-refractivity contribution in [1.82, 2.24) is 15.6 Å². The first kappa shape index (κ1) is 19.2. The molecule has 0 fully saturated rings. The molecule has 0 unspecified atom stereocenters. The highest BCUT2D eigenvalue weighted by molar-refractivity contribution is 7.11. The van der Waals surface area contributed by atoms with Gasteiger partial charge in [0.2, 0.25) is 0 Å². The summed E-state index contributed by atoms with van der Waals surface area (Å²) in [6, 6.07) is 6.25. The number of nitrogens with one attached hydrogen (secondary N) is 2. The molecule has 1 aromatic carbocycles. The standard InChI is InChI=1S/C19H28N4OS/c1-6-24-17-8-7-16(11-13(17)2)12-22-19(20-5)21-10-9-18-23-14(3)15(4)25-18/h7-8,11H,6,9-10,12H2,1-5H3,(H2,20,21,22). The molecule has 0 amide bonds. The van der Waals surface area contributed by atoms with E-state index < -0.39 is 0 Å². The first-order chi connectivity index (χ1) is 12.0. The number of nitrogens with zero attached hydrogens (tertiary/aromatic N) is 2. The Balaban J connectivity index is 1.81. The average Bonchev–Trinajstić information content (AvgIpc) is 2.91. The molecule has 0 bridgehead atoms. The van der Waals surface area contributed by atoms with Gasteiger partial charge in [-0.25, -0.2) is 4.98 Å². The van der Waals surface area contributed by atoms with Gasteiger partial charge in [-0.15, -0.1) is 11.3 Å². The monoisotopic (exact) mass is 360 g/mol. The molecule has 2 N–H and O–H groups in total. The summed E-state index contributed by atoms with van der Waals surface area (Å²) in [5, 5.41) is 7.86. The molecular weight excluding hydrogens is 332 g/mol. The summed E-state index contributed by atoms with van der Waals surface area (Å²) in [4.78, 5) is 10.1. The third-order valence-corrected chi connectivity index (χ3v) is 5.06. The Morgan fingerprint density at radius 2 is 2.04 bits per heavy atom. The lowest BCUT2D eigenvalue weighted by molar-refractivity contribution is 0.338. The van der Waals surface area contributed by atoms with Crippen molar-refractivity contribution in [3.05, 3.63) is 44.9 Å². The lowest BCUT2D eigenvalue weighted by Gasteiger charge is -2.13. The molecule has 1 aromatic heterocycles. The van der Waals surface area contributed by atoms with E-state index in [0.717, 1.165) is 42.5 Å². The van der Waals surface area contributed by atoms with Gasteiger partial charge in [0.1, 0.15) is 5.75 Å². The summed E-state index contributed by atoms with van der Waals surface area (Å²) in [7, 11) is 1.79. The number of hydrogen-bond donors (Lipinski definition) is 2. The summed E-state index contributed by atoms with van der Waals surface area (Å²) in [6.07, 6.45) is 0.905. The topological polar surface area (TPSA) is 58.5 Å². The fourth-order valence-corrected chi connectivity index (χ4v) is 3.41. The Morgan fingerprint density at radius 3 is 2.64 bits per heavy atom. The van der Waals surface area contributed by atoms with Crippen molar-refractivity contribution < 1.29 is 4.74 Å². The SMILES string of the molecule is CCOc1ccc(CNC(=NC)NCCc2nc(C)c(C)s2)cc1C. The lowest BCUT2D eigenvalue weighted by Crippen LogP contribution is -2.37. The third-order valence-electron chi connectivity index (χ3n) is 3.93. The number of benzene rings is 1. The van der Waals surface area contributed by atoms with E-state index in [-0.39, 0.29) is 0 Å². The number of aromatic nitrogens is 1. The van der Waals surface area contributed by atoms with E-state index in [1.807, 2.05) is 13.0 Å². The Labute approximate surface area is 154 Å². The average molecular weight is 361 g/mol. The minimum absolute atomic E-state index is 0.688. The first-order valence-electron chi connectivity index (χ1n) is 8.63. The van der Waals surface area contributed by atoms with E-state index >= 15 is 0 Å². The predicted octanol–water partition coefficient (Wildman–Crippen LogP) is 3.37. The number of aryl methyl sites for hydroxylation is 3. The van der Waals surface area contributed by atoms with Crippen LogP contribution in [0.2, 0.25) is 0 Å². The Kier molecular flexibility index (Phi) is 7.25. The van der Waals surface area contributed by atoms with Gasteiger partial charge in [-0.2, -0.15) is 0 Å². The van der Waals surface area contributed by atoms with E-state index in [2.05, 4.69) is 53.5 Å². The zero-order chi connectivity index (χ0) is 18.2. The van der Waals surface area contributed by atoms with Crippen LogP contribution in [0.3, 0.4) is 0 Å². The molecule has 0 saturated heterocycles. The molecule has 1 heterocycles. The van der Waals surface area contributed by atoms with Crippen molar-refractivity contribution >= 4 is 17.3 Å². The van der Waals surface area contributed by atoms with Gasteiger partial charge in [0, 0.05) is 31.4 Å². The molecule has 0 aliphatic rings. The second-order valence-electron chi connectivity index (χ2n) is 5.88. The van der Waals surface area contributed by atoms with Gasteiger partial charge in [-0.1, -0.05) is 12.1 Å². The molecule has 2 rings (SSSR count). The number of thiazole rings is 1. The highest BCUT2D eigenvalue weighted by atomic mass is 32.1. The van der Waals surface area contributed by atoms with Crippen LogP contribution in [0.25, 0.3) is 0 Å². The van der Waals surface area contributed by atoms with Crippen LogP contribution in [0, 0.1) is 20.8 Å². The summed E-state index contributed by atoms with van der Waals surface area (Å²) in [5.41, 5.74) is 3.49. The van der Waals surface area contributed by atoms with E-state index in [1.54, 1.807) is 18.4 Å². The smallest absolute Gasteiger partial charge is 0.191 e. The van der Waals surface area contributed by atoms with Crippen LogP contribution >= 0.6 is 11.3 Å². The third kappa shape index (κ3) is 5.74. The van der Waals surface area contributed by atoms with Crippen LogP contribution in [0.15, 0.2) is 23.2 Å². The van der Waals surface area contributed by atoms with Crippen LogP contribution in [0.5, 0.6) is 5.75 Å². The van der Waals surface area contributed by atoms with Crippen LogP contribution in [0.1, 0.15) is 33.6 Å². The quantitative estimate of drug-likeness (QED) is 0.587. The fraction of sp³-hybridized carbons (Fsp3) is 0.474. The molecule has 0 atom stereocenters. The Hall–Kier alpha value is -2.08. The fourth-order valence-electron chi connectivity index (χ4n) is 2.48. The minimum atomic E-state index is 0.688. The molecule has 25 heavy (non-hydrogen) atoms. The normalized spacial score (nSPS) is 11.5. The highest BCUT2D eigenvalue weighted by Gasteiger charge is 2.05. The van der Waals surface area contributed by atoms with Gasteiger partial charge < -0.3 is 15.4 Å². The van der Waals surface area contributed by atoms with E-state index in [1.165, 1.54) is 15.4 Å². The van der Waals surface area contributed by atoms with Gasteiger partial charge in [0.15, 0.2) is 5.96 Å². The molecule has 0 spiro atoms. The lowest BCUT2D eigenvalue weighted by atomic mass is 10.1. The number of rotatable bonds is 7. The summed E-state index contributed by atoms with van der Waals surface area (Å²) >= 11 is 1.77. The van der Waals surface area contributed by atoms with Crippen molar-refractivity contribution in [3.63, 3.8) is 0 Å². The van der Waals surface area contributed by atoms with Crippen molar-refractivity contribution in [2.24, 2.45) is 4.99 Å². The van der Waals surface area contributed by atoms with Gasteiger partial charge in [0.05, 0.1) is 17.3 Å². The molecule has 0 saturated carbocycles. The van der Waals surface area contributed by atoms with Crippen molar-refractivity contribution in [3.8, 4) is 5.75 Å². The molecule has 0 radical (unpaired) electrons. The number of hydrogen-bond acceptors (Lipinski definition) is 4. The summed E-state index contributed by atoms with van der Waals surface area (Å²) in [6.45, 7) is 10.5. The van der Waals surface area contributed by atoms with Gasteiger partial charge in [-0.3, -0.25) is 4.99 Å². The molecule has 0 aliphatic carbocycles. The number of aliphatic imine (C=N–C) groups is 1. The van der Waals surface area contributed by atoms with Crippen LogP contribution in [0.4, 0.5) is 0 Å². The summed E-state index contributed by atoms with van der Waals surface area (Å²) in [5.74, 6) is 1.75. The van der Waals surface area contributed by atoms with Crippen molar-refractivity contribution in [2.75, 3.05) is 20.2 Å². The van der Waals surface area contributed by atoms with Crippen LogP contribution in [-0.2, 0) is 13.0 Å². The molecule has 2 aromatic rings. The Bertz CT molecular complexity index is 705. The Morgan fingerprint density at radius 1 is 1.24 bits per heavy atom. The zero-order valence-corrected chi connectivity index (χ0v) is 16.6.